The number of nitrogens with one attached hydrogen (secondary N) is 2. The van der Waals surface area contributed by atoms with Crippen molar-refractivity contribution < 1.29 is 4.79 Å². The number of hydrogen-bond acceptors (Lipinski definition) is 5. The second-order valence-electron chi connectivity index (χ2n) is 4.74. The predicted molar refractivity (Wildman–Crippen MR) is 83.8 cm³/mol. The van der Waals surface area contributed by atoms with E-state index in [1.54, 1.807) is 0 Å². The molecule has 2 rings (SSSR count). The van der Waals surface area contributed by atoms with Crippen LogP contribution in [0.2, 0.25) is 0 Å². The van der Waals surface area contributed by atoms with Gasteiger partial charge in [-0.3, -0.25) is 4.79 Å². The maximum atomic E-state index is 11.5. The van der Waals surface area contributed by atoms with E-state index in [4.69, 9.17) is 5.73 Å². The second-order valence-corrected chi connectivity index (χ2v) is 4.74. The number of hydrogen-bond donors (Lipinski definition) is 3. The van der Waals surface area contributed by atoms with Crippen LogP contribution in [0.5, 0.6) is 0 Å². The van der Waals surface area contributed by atoms with Crippen molar-refractivity contribution in [3.63, 3.8) is 0 Å². The molecule has 2 aromatic rings. The number of amides is 1. The van der Waals surface area contributed by atoms with Crippen molar-refractivity contribution >= 4 is 23.4 Å². The smallest absolute Gasteiger partial charge is 0.254 e. The first-order valence-electron chi connectivity index (χ1n) is 6.84. The van der Waals surface area contributed by atoms with Crippen LogP contribution in [0.15, 0.2) is 30.5 Å². The zero-order valence-corrected chi connectivity index (χ0v) is 12.2. The summed E-state index contributed by atoms with van der Waals surface area (Å²) in [6.45, 7) is 4.81. The van der Waals surface area contributed by atoms with Crippen LogP contribution in [0.4, 0.5) is 17.5 Å². The zero-order valence-electron chi connectivity index (χ0n) is 12.2. The highest BCUT2D eigenvalue weighted by molar-refractivity contribution is 5.98. The molecule has 1 aromatic heterocycles. The fraction of sp³-hybridized carbons (Fsp3) is 0.267. The first kappa shape index (κ1) is 14.8. The third-order valence-electron chi connectivity index (χ3n) is 2.87. The average Bonchev–Trinajstić information content (AvgIpc) is 2.45. The number of primary amides is 1. The van der Waals surface area contributed by atoms with Crippen molar-refractivity contribution in [3.8, 4) is 0 Å². The number of nitrogens with two attached hydrogens (primary N) is 1. The Labute approximate surface area is 123 Å². The van der Waals surface area contributed by atoms with Crippen molar-refractivity contribution in [2.45, 2.75) is 20.3 Å². The van der Waals surface area contributed by atoms with Crippen molar-refractivity contribution in [1.29, 1.82) is 0 Å². The van der Waals surface area contributed by atoms with Crippen LogP contribution < -0.4 is 16.4 Å². The molecular weight excluding hydrogens is 266 g/mol. The summed E-state index contributed by atoms with van der Waals surface area (Å²) in [4.78, 5) is 19.9. The molecule has 6 nitrogen and oxygen atoms in total. The van der Waals surface area contributed by atoms with E-state index in [1.165, 1.54) is 6.20 Å². The Morgan fingerprint density at radius 2 is 2.19 bits per heavy atom. The zero-order chi connectivity index (χ0) is 15.2. The lowest BCUT2D eigenvalue weighted by molar-refractivity contribution is 0.100. The summed E-state index contributed by atoms with van der Waals surface area (Å²) in [5.74, 6) is 0.311. The number of aryl methyl sites for hydroxylation is 1. The minimum absolute atomic E-state index is 0.263. The van der Waals surface area contributed by atoms with Crippen LogP contribution >= 0.6 is 0 Å². The summed E-state index contributed by atoms with van der Waals surface area (Å²) < 4.78 is 0. The third-order valence-corrected chi connectivity index (χ3v) is 2.87. The van der Waals surface area contributed by atoms with Gasteiger partial charge in [0.25, 0.3) is 5.91 Å². The summed E-state index contributed by atoms with van der Waals surface area (Å²) >= 11 is 0. The van der Waals surface area contributed by atoms with Gasteiger partial charge in [0.2, 0.25) is 5.95 Å². The van der Waals surface area contributed by atoms with E-state index in [0.717, 1.165) is 24.2 Å². The molecule has 4 N–H and O–H groups in total. The van der Waals surface area contributed by atoms with Gasteiger partial charge in [-0.15, -0.1) is 0 Å². The number of aromatic nitrogens is 2. The van der Waals surface area contributed by atoms with E-state index < -0.39 is 5.91 Å². The Morgan fingerprint density at radius 1 is 1.38 bits per heavy atom. The Bertz CT molecular complexity index is 642. The molecular formula is C15H19N5O. The minimum Gasteiger partial charge on any atom is -0.365 e. The average molecular weight is 285 g/mol. The lowest BCUT2D eigenvalue weighted by Gasteiger charge is -2.11. The van der Waals surface area contributed by atoms with Crippen molar-refractivity contribution in [3.05, 3.63) is 41.6 Å². The largest absolute Gasteiger partial charge is 0.365 e. The predicted octanol–water partition coefficient (Wildman–Crippen LogP) is 2.45. The van der Waals surface area contributed by atoms with E-state index in [-0.39, 0.29) is 5.56 Å². The molecule has 21 heavy (non-hydrogen) atoms. The van der Waals surface area contributed by atoms with E-state index >= 15 is 0 Å². The first-order chi connectivity index (χ1) is 10.1. The Balaban J connectivity index is 2.31. The van der Waals surface area contributed by atoms with Crippen LogP contribution in [0, 0.1) is 6.92 Å². The molecule has 0 aliphatic heterocycles. The van der Waals surface area contributed by atoms with E-state index in [9.17, 15) is 4.79 Å². The quantitative estimate of drug-likeness (QED) is 0.758. The molecule has 0 fully saturated rings. The number of carbonyl (C=O) groups excluding carboxylic acids is 1. The minimum atomic E-state index is -0.563. The van der Waals surface area contributed by atoms with Gasteiger partial charge in [-0.2, -0.15) is 4.98 Å². The number of rotatable bonds is 6. The lowest BCUT2D eigenvalue weighted by Crippen LogP contribution is -2.16. The van der Waals surface area contributed by atoms with Crippen LogP contribution in [0.1, 0.15) is 29.3 Å². The lowest BCUT2D eigenvalue weighted by atomic mass is 10.2. The van der Waals surface area contributed by atoms with Gasteiger partial charge in [0.05, 0.1) is 0 Å². The fourth-order valence-electron chi connectivity index (χ4n) is 1.84. The topological polar surface area (TPSA) is 92.9 Å². The first-order valence-corrected chi connectivity index (χ1v) is 6.84. The fourth-order valence-corrected chi connectivity index (χ4v) is 1.84. The van der Waals surface area contributed by atoms with Gasteiger partial charge >= 0.3 is 0 Å². The van der Waals surface area contributed by atoms with E-state index in [1.807, 2.05) is 31.2 Å². The Morgan fingerprint density at radius 3 is 2.86 bits per heavy atom. The molecule has 0 atom stereocenters. The maximum absolute atomic E-state index is 11.5. The summed E-state index contributed by atoms with van der Waals surface area (Å²) in [5.41, 5.74) is 7.59. The summed E-state index contributed by atoms with van der Waals surface area (Å²) in [6, 6.07) is 7.79. The summed E-state index contributed by atoms with van der Waals surface area (Å²) in [7, 11) is 0. The Kier molecular flexibility index (Phi) is 4.71. The van der Waals surface area contributed by atoms with Crippen molar-refractivity contribution in [2.24, 2.45) is 5.73 Å². The van der Waals surface area contributed by atoms with E-state index in [2.05, 4.69) is 27.5 Å². The van der Waals surface area contributed by atoms with Gasteiger partial charge in [0.1, 0.15) is 11.4 Å². The molecule has 6 heteroatoms. The van der Waals surface area contributed by atoms with Crippen molar-refractivity contribution in [1.82, 2.24) is 9.97 Å². The number of nitrogens with zero attached hydrogens (tertiary/aromatic N) is 2. The normalized spacial score (nSPS) is 10.2. The third kappa shape index (κ3) is 3.92. The van der Waals surface area contributed by atoms with Gasteiger partial charge in [-0.05, 0) is 31.0 Å². The molecule has 1 heterocycles. The highest BCUT2D eigenvalue weighted by atomic mass is 16.1. The van der Waals surface area contributed by atoms with E-state index in [0.29, 0.717) is 11.8 Å². The molecule has 0 aliphatic rings. The van der Waals surface area contributed by atoms with Crippen LogP contribution in [-0.4, -0.2) is 22.4 Å². The maximum Gasteiger partial charge on any atom is 0.254 e. The molecule has 1 aromatic carbocycles. The SMILES string of the molecule is CCCNc1ncc(C(N)=O)c(Nc2cccc(C)c2)n1. The summed E-state index contributed by atoms with van der Waals surface area (Å²) in [5, 5.41) is 6.20. The van der Waals surface area contributed by atoms with Gasteiger partial charge in [0.15, 0.2) is 0 Å². The van der Waals surface area contributed by atoms with Crippen LogP contribution in [0.25, 0.3) is 0 Å². The molecule has 0 spiro atoms. The number of benzene rings is 1. The van der Waals surface area contributed by atoms with Gasteiger partial charge < -0.3 is 16.4 Å². The number of carbonyl (C=O) groups is 1. The molecule has 0 aliphatic carbocycles. The summed E-state index contributed by atoms with van der Waals surface area (Å²) in [6.07, 6.45) is 2.40. The van der Waals surface area contributed by atoms with Crippen molar-refractivity contribution in [2.75, 3.05) is 17.2 Å². The Hall–Kier alpha value is -2.63. The second kappa shape index (κ2) is 6.69. The molecule has 110 valence electrons. The number of anilines is 3. The molecule has 0 saturated carbocycles. The van der Waals surface area contributed by atoms with Crippen LogP contribution in [-0.2, 0) is 0 Å². The molecule has 0 unspecified atom stereocenters. The molecule has 0 saturated heterocycles. The van der Waals surface area contributed by atoms with Gasteiger partial charge in [-0.25, -0.2) is 4.98 Å². The monoisotopic (exact) mass is 285 g/mol. The van der Waals surface area contributed by atoms with Crippen LogP contribution in [0.3, 0.4) is 0 Å². The standard InChI is InChI=1S/C15H19N5O/c1-3-7-17-15-18-9-12(13(16)21)14(20-15)19-11-6-4-5-10(2)8-11/h4-6,8-9H,3,7H2,1-2H3,(H2,16,21)(H2,17,18,19,20). The molecule has 0 radical (unpaired) electrons. The highest BCUT2D eigenvalue weighted by Gasteiger charge is 2.12. The molecule has 0 bridgehead atoms. The highest BCUT2D eigenvalue weighted by Crippen LogP contribution is 2.20. The van der Waals surface area contributed by atoms with Gasteiger partial charge in [-0.1, -0.05) is 19.1 Å². The van der Waals surface area contributed by atoms with Gasteiger partial charge in [0, 0.05) is 18.4 Å². The molecule has 1 amide bonds.